The van der Waals surface area contributed by atoms with Crippen LogP contribution < -0.4 is 14.8 Å². The minimum atomic E-state index is -0.304. The Morgan fingerprint density at radius 2 is 1.93 bits per heavy atom. The maximum atomic E-state index is 12.0. The quantitative estimate of drug-likeness (QED) is 0.575. The largest absolute Gasteiger partial charge is 0.490 e. The molecule has 1 aliphatic carbocycles. The number of nitrogens with one attached hydrogen (secondary N) is 1. The normalized spacial score (nSPS) is 13.9. The van der Waals surface area contributed by atoms with Crippen molar-refractivity contribution in [2.24, 2.45) is 0 Å². The van der Waals surface area contributed by atoms with E-state index in [4.69, 9.17) is 21.1 Å². The van der Waals surface area contributed by atoms with Crippen molar-refractivity contribution in [2.45, 2.75) is 45.3 Å². The molecule has 1 aromatic heterocycles. The number of fused-ring (bicyclic) bond motifs is 1. The van der Waals surface area contributed by atoms with Crippen LogP contribution in [0.5, 0.6) is 11.5 Å². The molecule has 0 aliphatic heterocycles. The summed E-state index contributed by atoms with van der Waals surface area (Å²) in [7, 11) is 0. The van der Waals surface area contributed by atoms with Crippen LogP contribution in [-0.2, 0) is 4.79 Å². The summed E-state index contributed by atoms with van der Waals surface area (Å²) >= 11 is 6.45. The molecule has 0 bridgehead atoms. The Kier molecular flexibility index (Phi) is 5.52. The molecular formula is C23H24ClN3O3. The van der Waals surface area contributed by atoms with Crippen molar-refractivity contribution in [1.82, 2.24) is 15.3 Å². The summed E-state index contributed by atoms with van der Waals surface area (Å²) in [6.07, 6.45) is 2.50. The average Bonchev–Trinajstić information content (AvgIpc) is 3.50. The second-order valence-corrected chi connectivity index (χ2v) is 8.81. The third-order valence-corrected chi connectivity index (χ3v) is 4.71. The van der Waals surface area contributed by atoms with Gasteiger partial charge in [-0.1, -0.05) is 23.7 Å². The van der Waals surface area contributed by atoms with E-state index >= 15 is 0 Å². The number of nitrogens with zero attached hydrogens (tertiary/aromatic N) is 2. The molecule has 2 aromatic carbocycles. The van der Waals surface area contributed by atoms with Crippen molar-refractivity contribution in [3.8, 4) is 22.9 Å². The maximum Gasteiger partial charge on any atom is 0.258 e. The van der Waals surface area contributed by atoms with Gasteiger partial charge in [0.15, 0.2) is 12.4 Å². The first-order chi connectivity index (χ1) is 14.3. The molecule has 3 aromatic rings. The number of rotatable bonds is 6. The summed E-state index contributed by atoms with van der Waals surface area (Å²) in [6.45, 7) is 5.71. The smallest absolute Gasteiger partial charge is 0.258 e. The molecule has 6 nitrogen and oxygen atoms in total. The van der Waals surface area contributed by atoms with Gasteiger partial charge in [-0.05, 0) is 63.9 Å². The van der Waals surface area contributed by atoms with Gasteiger partial charge in [-0.2, -0.15) is 0 Å². The molecule has 1 N–H and O–H groups in total. The molecule has 4 rings (SSSR count). The number of carbonyl (C=O) groups excluding carboxylic acids is 1. The Labute approximate surface area is 180 Å². The fourth-order valence-corrected chi connectivity index (χ4v) is 3.21. The molecular weight excluding hydrogens is 402 g/mol. The molecule has 30 heavy (non-hydrogen) atoms. The van der Waals surface area contributed by atoms with Crippen LogP contribution in [0, 0.1) is 0 Å². The highest BCUT2D eigenvalue weighted by atomic mass is 35.5. The van der Waals surface area contributed by atoms with Crippen molar-refractivity contribution in [2.75, 3.05) is 6.61 Å². The fourth-order valence-electron chi connectivity index (χ4n) is 2.98. The lowest BCUT2D eigenvalue weighted by molar-refractivity contribution is -0.124. The number of benzene rings is 2. The maximum absolute atomic E-state index is 12.0. The molecule has 0 saturated heterocycles. The molecule has 156 valence electrons. The van der Waals surface area contributed by atoms with E-state index in [0.29, 0.717) is 22.8 Å². The van der Waals surface area contributed by atoms with Gasteiger partial charge in [0.05, 0.1) is 11.6 Å². The number of hydrogen-bond donors (Lipinski definition) is 1. The Morgan fingerprint density at radius 3 is 2.67 bits per heavy atom. The molecule has 7 heteroatoms. The lowest BCUT2D eigenvalue weighted by Crippen LogP contribution is -2.43. The van der Waals surface area contributed by atoms with Crippen molar-refractivity contribution in [3.63, 3.8) is 0 Å². The summed E-state index contributed by atoms with van der Waals surface area (Å²) in [5.74, 6) is 1.66. The predicted octanol–water partition coefficient (Wildman–Crippen LogP) is 4.78. The third-order valence-electron chi connectivity index (χ3n) is 4.42. The van der Waals surface area contributed by atoms with Crippen LogP contribution in [0.4, 0.5) is 0 Å². The monoisotopic (exact) mass is 425 g/mol. The van der Waals surface area contributed by atoms with Crippen molar-refractivity contribution >= 4 is 28.4 Å². The molecule has 1 fully saturated rings. The van der Waals surface area contributed by atoms with Crippen LogP contribution in [0.25, 0.3) is 22.3 Å². The van der Waals surface area contributed by atoms with E-state index in [1.807, 2.05) is 51.1 Å². The summed E-state index contributed by atoms with van der Waals surface area (Å²) in [5.41, 5.74) is 1.19. The molecule has 1 saturated carbocycles. The standard InChI is InChI=1S/C23H24ClN3O3/c1-23(2,3)27-20(28)13-29-16-6-4-5-14(11-16)22-25-19-10-9-17(30-15-7-8-15)12-18(19)21(24)26-22/h4-6,9-12,15H,7-8,13H2,1-3H3,(H,27,28). The summed E-state index contributed by atoms with van der Waals surface area (Å²) < 4.78 is 11.5. The summed E-state index contributed by atoms with van der Waals surface area (Å²) in [6, 6.07) is 13.0. The minimum Gasteiger partial charge on any atom is -0.490 e. The van der Waals surface area contributed by atoms with Gasteiger partial charge in [0.25, 0.3) is 5.91 Å². The van der Waals surface area contributed by atoms with Crippen LogP contribution in [0.1, 0.15) is 33.6 Å². The Balaban J connectivity index is 1.53. The van der Waals surface area contributed by atoms with Gasteiger partial charge < -0.3 is 14.8 Å². The zero-order valence-corrected chi connectivity index (χ0v) is 18.0. The van der Waals surface area contributed by atoms with E-state index in [2.05, 4.69) is 15.3 Å². The Hall–Kier alpha value is -2.86. The van der Waals surface area contributed by atoms with Crippen molar-refractivity contribution < 1.29 is 14.3 Å². The molecule has 0 spiro atoms. The van der Waals surface area contributed by atoms with E-state index in [9.17, 15) is 4.79 Å². The predicted molar refractivity (Wildman–Crippen MR) is 117 cm³/mol. The lowest BCUT2D eigenvalue weighted by Gasteiger charge is -2.20. The van der Waals surface area contributed by atoms with Crippen molar-refractivity contribution in [3.05, 3.63) is 47.6 Å². The Morgan fingerprint density at radius 1 is 1.13 bits per heavy atom. The highest BCUT2D eigenvalue weighted by Crippen LogP contribution is 2.32. The Bertz CT molecular complexity index is 1090. The molecule has 1 heterocycles. The number of carbonyl (C=O) groups is 1. The third kappa shape index (κ3) is 5.19. The van der Waals surface area contributed by atoms with E-state index < -0.39 is 0 Å². The van der Waals surface area contributed by atoms with Gasteiger partial charge in [0.1, 0.15) is 16.7 Å². The minimum absolute atomic E-state index is 0.0656. The molecule has 1 amide bonds. The molecule has 0 radical (unpaired) electrons. The van der Waals surface area contributed by atoms with Gasteiger partial charge in [-0.25, -0.2) is 9.97 Å². The first kappa shape index (κ1) is 20.4. The van der Waals surface area contributed by atoms with Crippen LogP contribution in [-0.4, -0.2) is 34.1 Å². The van der Waals surface area contributed by atoms with E-state index in [1.54, 1.807) is 12.1 Å². The van der Waals surface area contributed by atoms with E-state index in [1.165, 1.54) is 0 Å². The highest BCUT2D eigenvalue weighted by Gasteiger charge is 2.23. The second kappa shape index (κ2) is 8.11. The van der Waals surface area contributed by atoms with E-state index in [-0.39, 0.29) is 18.1 Å². The number of halogens is 1. The summed E-state index contributed by atoms with van der Waals surface area (Å²) in [4.78, 5) is 21.1. The molecule has 0 atom stereocenters. The second-order valence-electron chi connectivity index (χ2n) is 8.45. The zero-order chi connectivity index (χ0) is 21.3. The number of amides is 1. The van der Waals surface area contributed by atoms with Crippen LogP contribution in [0.3, 0.4) is 0 Å². The fraction of sp³-hybridized carbons (Fsp3) is 0.348. The number of ether oxygens (including phenoxy) is 2. The van der Waals surface area contributed by atoms with Gasteiger partial charge in [-0.3, -0.25) is 4.79 Å². The van der Waals surface area contributed by atoms with Crippen LogP contribution in [0.15, 0.2) is 42.5 Å². The van der Waals surface area contributed by atoms with E-state index in [0.717, 1.165) is 35.1 Å². The summed E-state index contributed by atoms with van der Waals surface area (Å²) in [5, 5.41) is 3.99. The highest BCUT2D eigenvalue weighted by molar-refractivity contribution is 6.34. The molecule has 0 unspecified atom stereocenters. The average molecular weight is 426 g/mol. The SMILES string of the molecule is CC(C)(C)NC(=O)COc1cccc(-c2nc(Cl)c3cc(OC4CC4)ccc3n2)c1. The van der Waals surface area contributed by atoms with Crippen LogP contribution in [0.2, 0.25) is 5.15 Å². The first-order valence-electron chi connectivity index (χ1n) is 9.95. The molecule has 1 aliphatic rings. The van der Waals surface area contributed by atoms with Gasteiger partial charge >= 0.3 is 0 Å². The first-order valence-corrected chi connectivity index (χ1v) is 10.3. The topological polar surface area (TPSA) is 73.3 Å². The van der Waals surface area contributed by atoms with Gasteiger partial charge in [-0.15, -0.1) is 0 Å². The number of hydrogen-bond acceptors (Lipinski definition) is 5. The van der Waals surface area contributed by atoms with Crippen LogP contribution >= 0.6 is 11.6 Å². The van der Waals surface area contributed by atoms with Gasteiger partial charge in [0, 0.05) is 16.5 Å². The zero-order valence-electron chi connectivity index (χ0n) is 17.2. The van der Waals surface area contributed by atoms with Gasteiger partial charge in [0.2, 0.25) is 0 Å². The van der Waals surface area contributed by atoms with Crippen molar-refractivity contribution in [1.29, 1.82) is 0 Å². The number of aromatic nitrogens is 2. The lowest BCUT2D eigenvalue weighted by atomic mass is 10.1.